The van der Waals surface area contributed by atoms with Gasteiger partial charge < -0.3 is 10.6 Å². The van der Waals surface area contributed by atoms with E-state index in [1.807, 2.05) is 39.0 Å². The first-order chi connectivity index (χ1) is 11.0. The van der Waals surface area contributed by atoms with Crippen LogP contribution in [0.3, 0.4) is 0 Å². The maximum Gasteiger partial charge on any atom is 0.255 e. The smallest absolute Gasteiger partial charge is 0.255 e. The summed E-state index contributed by atoms with van der Waals surface area (Å²) in [5, 5.41) is 5.68. The van der Waals surface area contributed by atoms with Crippen LogP contribution in [0.1, 0.15) is 41.3 Å². The molecule has 0 saturated heterocycles. The largest absolute Gasteiger partial charge is 0.326 e. The molecule has 4 nitrogen and oxygen atoms in total. The van der Waals surface area contributed by atoms with Gasteiger partial charge in [0.1, 0.15) is 0 Å². The van der Waals surface area contributed by atoms with Gasteiger partial charge in [0, 0.05) is 23.4 Å². The topological polar surface area (TPSA) is 58.2 Å². The number of hydrogen-bond acceptors (Lipinski definition) is 2. The number of aryl methyl sites for hydroxylation is 2. The number of hydrogen-bond donors (Lipinski definition) is 2. The van der Waals surface area contributed by atoms with E-state index in [0.29, 0.717) is 23.4 Å². The first kappa shape index (κ1) is 16.7. The third-order valence-electron chi connectivity index (χ3n) is 3.65. The van der Waals surface area contributed by atoms with E-state index in [2.05, 4.69) is 10.6 Å². The average Bonchev–Trinajstić information content (AvgIpc) is 2.50. The second-order valence-corrected chi connectivity index (χ2v) is 5.63. The molecule has 4 heteroatoms. The van der Waals surface area contributed by atoms with Gasteiger partial charge in [-0.05, 0) is 61.7 Å². The normalized spacial score (nSPS) is 10.2. The zero-order valence-electron chi connectivity index (χ0n) is 13.8. The van der Waals surface area contributed by atoms with Gasteiger partial charge in [0.2, 0.25) is 5.91 Å². The van der Waals surface area contributed by atoms with Gasteiger partial charge in [-0.3, -0.25) is 9.59 Å². The molecule has 0 heterocycles. The van der Waals surface area contributed by atoms with E-state index >= 15 is 0 Å². The van der Waals surface area contributed by atoms with E-state index in [9.17, 15) is 9.59 Å². The molecule has 0 aliphatic rings. The number of nitrogens with one attached hydrogen (secondary N) is 2. The predicted molar refractivity (Wildman–Crippen MR) is 93.8 cm³/mol. The van der Waals surface area contributed by atoms with Gasteiger partial charge in [0.15, 0.2) is 0 Å². The minimum absolute atomic E-state index is 0.0230. The SMILES string of the molecule is CCCC(=O)Nc1cccc(NC(=O)c2ccc(C)c(C)c2)c1. The van der Waals surface area contributed by atoms with Crippen LogP contribution >= 0.6 is 0 Å². The molecule has 2 aromatic carbocycles. The molecule has 0 bridgehead atoms. The highest BCUT2D eigenvalue weighted by Crippen LogP contribution is 2.17. The van der Waals surface area contributed by atoms with Crippen LogP contribution in [0.2, 0.25) is 0 Å². The number of anilines is 2. The molecule has 0 radical (unpaired) electrons. The molecule has 0 atom stereocenters. The Bertz CT molecular complexity index is 723. The Morgan fingerprint density at radius 1 is 0.913 bits per heavy atom. The van der Waals surface area contributed by atoms with E-state index in [0.717, 1.165) is 17.5 Å². The Labute approximate surface area is 136 Å². The Morgan fingerprint density at radius 3 is 2.26 bits per heavy atom. The second-order valence-electron chi connectivity index (χ2n) is 5.63. The molecule has 2 amide bonds. The van der Waals surface area contributed by atoms with Gasteiger partial charge in [0.05, 0.1) is 0 Å². The highest BCUT2D eigenvalue weighted by Gasteiger charge is 2.08. The molecule has 0 spiro atoms. The molecule has 120 valence electrons. The third-order valence-corrected chi connectivity index (χ3v) is 3.65. The summed E-state index contributed by atoms with van der Waals surface area (Å²) in [6.45, 7) is 5.95. The van der Waals surface area contributed by atoms with Crippen molar-refractivity contribution in [2.75, 3.05) is 10.6 Å². The van der Waals surface area contributed by atoms with Crippen LogP contribution in [0.4, 0.5) is 11.4 Å². The minimum atomic E-state index is -0.162. The lowest BCUT2D eigenvalue weighted by Gasteiger charge is -2.09. The van der Waals surface area contributed by atoms with E-state index in [-0.39, 0.29) is 11.8 Å². The average molecular weight is 310 g/mol. The Balaban J connectivity index is 2.08. The van der Waals surface area contributed by atoms with Gasteiger partial charge in [-0.25, -0.2) is 0 Å². The number of rotatable bonds is 5. The van der Waals surface area contributed by atoms with Gasteiger partial charge in [0.25, 0.3) is 5.91 Å². The van der Waals surface area contributed by atoms with Crippen molar-refractivity contribution in [1.29, 1.82) is 0 Å². The zero-order valence-corrected chi connectivity index (χ0v) is 13.8. The highest BCUT2D eigenvalue weighted by molar-refractivity contribution is 6.04. The van der Waals surface area contributed by atoms with Crippen LogP contribution in [0, 0.1) is 13.8 Å². The van der Waals surface area contributed by atoms with Crippen molar-refractivity contribution >= 4 is 23.2 Å². The number of benzene rings is 2. The second kappa shape index (κ2) is 7.58. The quantitative estimate of drug-likeness (QED) is 0.865. The fourth-order valence-electron chi connectivity index (χ4n) is 2.21. The Kier molecular flexibility index (Phi) is 5.52. The summed E-state index contributed by atoms with van der Waals surface area (Å²) in [4.78, 5) is 24.0. The van der Waals surface area contributed by atoms with E-state index in [1.165, 1.54) is 0 Å². The molecule has 2 aromatic rings. The molecular formula is C19H22N2O2. The summed E-state index contributed by atoms with van der Waals surface area (Å²) >= 11 is 0. The van der Waals surface area contributed by atoms with Gasteiger partial charge >= 0.3 is 0 Å². The lowest BCUT2D eigenvalue weighted by molar-refractivity contribution is -0.116. The van der Waals surface area contributed by atoms with Crippen molar-refractivity contribution in [3.8, 4) is 0 Å². The summed E-state index contributed by atoms with van der Waals surface area (Å²) in [6, 6.07) is 12.8. The van der Waals surface area contributed by atoms with Gasteiger partial charge in [-0.15, -0.1) is 0 Å². The molecule has 0 aliphatic carbocycles. The van der Waals surface area contributed by atoms with Crippen LogP contribution in [0.25, 0.3) is 0 Å². The van der Waals surface area contributed by atoms with Gasteiger partial charge in [-0.2, -0.15) is 0 Å². The zero-order chi connectivity index (χ0) is 16.8. The van der Waals surface area contributed by atoms with E-state index < -0.39 is 0 Å². The summed E-state index contributed by atoms with van der Waals surface area (Å²) in [6.07, 6.45) is 1.29. The fourth-order valence-corrected chi connectivity index (χ4v) is 2.21. The standard InChI is InChI=1S/C19H22N2O2/c1-4-6-18(22)20-16-7-5-8-17(12-16)21-19(23)15-10-9-13(2)14(3)11-15/h5,7-12H,4,6H2,1-3H3,(H,20,22)(H,21,23). The maximum absolute atomic E-state index is 12.3. The van der Waals surface area contributed by atoms with Crippen LogP contribution in [0.15, 0.2) is 42.5 Å². The highest BCUT2D eigenvalue weighted by atomic mass is 16.2. The van der Waals surface area contributed by atoms with Crippen LogP contribution in [0.5, 0.6) is 0 Å². The number of carbonyl (C=O) groups excluding carboxylic acids is 2. The van der Waals surface area contributed by atoms with Crippen molar-refractivity contribution in [2.24, 2.45) is 0 Å². The van der Waals surface area contributed by atoms with Crippen molar-refractivity contribution < 1.29 is 9.59 Å². The van der Waals surface area contributed by atoms with Crippen LogP contribution in [-0.2, 0) is 4.79 Å². The monoisotopic (exact) mass is 310 g/mol. The van der Waals surface area contributed by atoms with Crippen LogP contribution in [-0.4, -0.2) is 11.8 Å². The predicted octanol–water partition coefficient (Wildman–Crippen LogP) is 4.29. The Hall–Kier alpha value is -2.62. The molecule has 0 aromatic heterocycles. The van der Waals surface area contributed by atoms with Crippen molar-refractivity contribution in [3.63, 3.8) is 0 Å². The van der Waals surface area contributed by atoms with Gasteiger partial charge in [-0.1, -0.05) is 19.1 Å². The summed E-state index contributed by atoms with van der Waals surface area (Å²) < 4.78 is 0. The lowest BCUT2D eigenvalue weighted by atomic mass is 10.1. The van der Waals surface area contributed by atoms with Crippen LogP contribution < -0.4 is 10.6 Å². The summed E-state index contributed by atoms with van der Waals surface area (Å²) in [7, 11) is 0. The maximum atomic E-state index is 12.3. The lowest BCUT2D eigenvalue weighted by Crippen LogP contribution is -2.13. The summed E-state index contributed by atoms with van der Waals surface area (Å²) in [5.41, 5.74) is 4.19. The minimum Gasteiger partial charge on any atom is -0.326 e. The van der Waals surface area contributed by atoms with E-state index in [1.54, 1.807) is 24.3 Å². The molecule has 23 heavy (non-hydrogen) atoms. The van der Waals surface area contributed by atoms with Crippen molar-refractivity contribution in [3.05, 3.63) is 59.2 Å². The number of amides is 2. The first-order valence-corrected chi connectivity index (χ1v) is 7.78. The molecule has 0 saturated carbocycles. The first-order valence-electron chi connectivity index (χ1n) is 7.78. The number of carbonyl (C=O) groups is 2. The fraction of sp³-hybridized carbons (Fsp3) is 0.263. The van der Waals surface area contributed by atoms with Crippen molar-refractivity contribution in [2.45, 2.75) is 33.6 Å². The Morgan fingerprint density at radius 2 is 1.61 bits per heavy atom. The molecule has 2 rings (SSSR count). The third kappa shape index (κ3) is 4.68. The van der Waals surface area contributed by atoms with E-state index in [4.69, 9.17) is 0 Å². The molecule has 2 N–H and O–H groups in total. The summed E-state index contributed by atoms with van der Waals surface area (Å²) in [5.74, 6) is -0.185. The molecule has 0 unspecified atom stereocenters. The molecular weight excluding hydrogens is 288 g/mol. The molecule has 0 fully saturated rings. The molecule has 0 aliphatic heterocycles. The van der Waals surface area contributed by atoms with Crippen molar-refractivity contribution in [1.82, 2.24) is 0 Å².